The van der Waals surface area contributed by atoms with Crippen LogP contribution < -0.4 is 15.0 Å². The molecule has 104 valence electrons. The lowest BCUT2D eigenvalue weighted by molar-refractivity contribution is -0.899. The summed E-state index contributed by atoms with van der Waals surface area (Å²) in [5.74, 6) is 0.705. The molecule has 0 atom stereocenters. The Bertz CT molecular complexity index is 442. The zero-order valence-electron chi connectivity index (χ0n) is 11.5. The maximum atomic E-state index is 12.0. The second-order valence-electron chi connectivity index (χ2n) is 4.79. The molecule has 0 unspecified atom stereocenters. The lowest BCUT2D eigenvalue weighted by atomic mass is 10.2. The quantitative estimate of drug-likeness (QED) is 0.796. The van der Waals surface area contributed by atoms with Crippen molar-refractivity contribution in [3.8, 4) is 5.75 Å². The first-order valence-electron chi connectivity index (χ1n) is 6.55. The third-order valence-electron chi connectivity index (χ3n) is 3.24. The molecule has 1 aliphatic heterocycles. The van der Waals surface area contributed by atoms with Crippen LogP contribution in [0.4, 0.5) is 5.69 Å². The van der Waals surface area contributed by atoms with Crippen LogP contribution in [0, 0.1) is 6.92 Å². The van der Waals surface area contributed by atoms with Crippen LogP contribution >= 0.6 is 0 Å². The van der Waals surface area contributed by atoms with E-state index in [1.807, 2.05) is 25.1 Å². The van der Waals surface area contributed by atoms with Crippen molar-refractivity contribution in [2.75, 3.05) is 45.3 Å². The molecule has 5 nitrogen and oxygen atoms in total. The normalized spacial score (nSPS) is 16.1. The van der Waals surface area contributed by atoms with Crippen molar-refractivity contribution in [1.29, 1.82) is 0 Å². The SMILES string of the molecule is COc1ccc(C)cc1NC(=O)C[NH+]1CCOCC1. The number of carbonyl (C=O) groups is 1. The van der Waals surface area contributed by atoms with Gasteiger partial charge in [0.2, 0.25) is 0 Å². The molecule has 0 aliphatic carbocycles. The molecule has 1 saturated heterocycles. The Morgan fingerprint density at radius 3 is 2.84 bits per heavy atom. The molecule has 5 heteroatoms. The van der Waals surface area contributed by atoms with Crippen molar-refractivity contribution in [1.82, 2.24) is 0 Å². The summed E-state index contributed by atoms with van der Waals surface area (Å²) >= 11 is 0. The average Bonchev–Trinajstić information content (AvgIpc) is 2.40. The third-order valence-corrected chi connectivity index (χ3v) is 3.24. The van der Waals surface area contributed by atoms with Crippen molar-refractivity contribution in [2.45, 2.75) is 6.92 Å². The number of rotatable bonds is 4. The van der Waals surface area contributed by atoms with Crippen molar-refractivity contribution in [3.05, 3.63) is 23.8 Å². The maximum Gasteiger partial charge on any atom is 0.279 e. The van der Waals surface area contributed by atoms with E-state index in [9.17, 15) is 4.79 Å². The number of carbonyl (C=O) groups excluding carboxylic acids is 1. The van der Waals surface area contributed by atoms with Crippen LogP contribution in [-0.4, -0.2) is 45.9 Å². The predicted molar refractivity (Wildman–Crippen MR) is 72.7 cm³/mol. The summed E-state index contributed by atoms with van der Waals surface area (Å²) < 4.78 is 10.5. The van der Waals surface area contributed by atoms with Gasteiger partial charge in [0.1, 0.15) is 18.8 Å². The van der Waals surface area contributed by atoms with Crippen LogP contribution in [0.25, 0.3) is 0 Å². The topological polar surface area (TPSA) is 52.0 Å². The Balaban J connectivity index is 1.95. The summed E-state index contributed by atoms with van der Waals surface area (Å²) in [4.78, 5) is 13.3. The number of anilines is 1. The van der Waals surface area contributed by atoms with Crippen molar-refractivity contribution in [3.63, 3.8) is 0 Å². The molecule has 1 aromatic rings. The summed E-state index contributed by atoms with van der Waals surface area (Å²) in [6.07, 6.45) is 0. The van der Waals surface area contributed by atoms with E-state index in [1.165, 1.54) is 4.90 Å². The van der Waals surface area contributed by atoms with E-state index in [1.54, 1.807) is 7.11 Å². The molecule has 2 N–H and O–H groups in total. The largest absolute Gasteiger partial charge is 0.495 e. The Morgan fingerprint density at radius 1 is 1.42 bits per heavy atom. The number of methoxy groups -OCH3 is 1. The first kappa shape index (κ1) is 13.8. The van der Waals surface area contributed by atoms with Crippen molar-refractivity contribution >= 4 is 11.6 Å². The Labute approximate surface area is 113 Å². The molecule has 1 fully saturated rings. The second kappa shape index (κ2) is 6.54. The lowest BCUT2D eigenvalue weighted by Crippen LogP contribution is -3.15. The van der Waals surface area contributed by atoms with Gasteiger partial charge in [-0.15, -0.1) is 0 Å². The Morgan fingerprint density at radius 2 is 2.16 bits per heavy atom. The molecule has 0 bridgehead atoms. The van der Waals surface area contributed by atoms with Crippen LogP contribution in [0.1, 0.15) is 5.56 Å². The number of aryl methyl sites for hydroxylation is 1. The molecule has 1 aliphatic rings. The van der Waals surface area contributed by atoms with E-state index in [2.05, 4.69) is 5.32 Å². The molecular weight excluding hydrogens is 244 g/mol. The average molecular weight is 265 g/mol. The summed E-state index contributed by atoms with van der Waals surface area (Å²) in [5, 5.41) is 2.92. The number of ether oxygens (including phenoxy) is 2. The fourth-order valence-electron chi connectivity index (χ4n) is 2.18. The summed E-state index contributed by atoms with van der Waals surface area (Å²) in [6, 6.07) is 5.75. The minimum atomic E-state index is 0.0146. The van der Waals surface area contributed by atoms with Crippen LogP contribution in [0.3, 0.4) is 0 Å². The highest BCUT2D eigenvalue weighted by Crippen LogP contribution is 2.24. The standard InChI is InChI=1S/C14H20N2O3/c1-11-3-4-13(18-2)12(9-11)15-14(17)10-16-5-7-19-8-6-16/h3-4,9H,5-8,10H2,1-2H3,(H,15,17)/p+1. The van der Waals surface area contributed by atoms with Crippen LogP contribution in [0.2, 0.25) is 0 Å². The number of nitrogens with one attached hydrogen (secondary N) is 2. The van der Waals surface area contributed by atoms with Gasteiger partial charge in [-0.25, -0.2) is 0 Å². The molecule has 19 heavy (non-hydrogen) atoms. The lowest BCUT2D eigenvalue weighted by Gasteiger charge is -2.23. The number of hydrogen-bond acceptors (Lipinski definition) is 3. The molecular formula is C14H21N2O3+. The number of quaternary nitrogens is 1. The predicted octanol–water partition coefficient (Wildman–Crippen LogP) is -0.143. The van der Waals surface area contributed by atoms with Gasteiger partial charge in [0.25, 0.3) is 5.91 Å². The molecule has 0 aromatic heterocycles. The summed E-state index contributed by atoms with van der Waals surface area (Å²) in [5.41, 5.74) is 1.83. The highest BCUT2D eigenvalue weighted by atomic mass is 16.5. The van der Waals surface area contributed by atoms with E-state index in [0.29, 0.717) is 12.3 Å². The minimum absolute atomic E-state index is 0.0146. The molecule has 1 aromatic carbocycles. The van der Waals surface area contributed by atoms with Gasteiger partial charge in [0.05, 0.1) is 26.0 Å². The smallest absolute Gasteiger partial charge is 0.279 e. The highest BCUT2D eigenvalue weighted by molar-refractivity contribution is 5.93. The van der Waals surface area contributed by atoms with Gasteiger partial charge < -0.3 is 19.7 Å². The fraction of sp³-hybridized carbons (Fsp3) is 0.500. The molecule has 0 radical (unpaired) electrons. The van der Waals surface area contributed by atoms with Gasteiger partial charge in [-0.1, -0.05) is 6.07 Å². The van der Waals surface area contributed by atoms with Crippen LogP contribution in [0.15, 0.2) is 18.2 Å². The first-order chi connectivity index (χ1) is 9.19. The first-order valence-corrected chi connectivity index (χ1v) is 6.55. The van der Waals surface area contributed by atoms with Gasteiger partial charge in [0, 0.05) is 0 Å². The second-order valence-corrected chi connectivity index (χ2v) is 4.79. The molecule has 1 amide bonds. The van der Waals surface area contributed by atoms with E-state index >= 15 is 0 Å². The van der Waals surface area contributed by atoms with Crippen LogP contribution in [0.5, 0.6) is 5.75 Å². The third kappa shape index (κ3) is 3.94. The number of hydrogen-bond donors (Lipinski definition) is 2. The maximum absolute atomic E-state index is 12.0. The fourth-order valence-corrected chi connectivity index (χ4v) is 2.18. The zero-order chi connectivity index (χ0) is 13.7. The molecule has 1 heterocycles. The van der Waals surface area contributed by atoms with E-state index in [4.69, 9.17) is 9.47 Å². The molecule has 2 rings (SSSR count). The van der Waals surface area contributed by atoms with E-state index in [0.717, 1.165) is 37.6 Å². The van der Waals surface area contributed by atoms with Gasteiger partial charge in [-0.2, -0.15) is 0 Å². The van der Waals surface area contributed by atoms with Gasteiger partial charge in [0.15, 0.2) is 6.54 Å². The highest BCUT2D eigenvalue weighted by Gasteiger charge is 2.18. The van der Waals surface area contributed by atoms with Crippen molar-refractivity contribution in [2.24, 2.45) is 0 Å². The van der Waals surface area contributed by atoms with E-state index in [-0.39, 0.29) is 5.91 Å². The monoisotopic (exact) mass is 265 g/mol. The number of amides is 1. The van der Waals surface area contributed by atoms with Gasteiger partial charge >= 0.3 is 0 Å². The summed E-state index contributed by atoms with van der Waals surface area (Å²) in [6.45, 7) is 5.70. The molecule has 0 saturated carbocycles. The minimum Gasteiger partial charge on any atom is -0.495 e. The van der Waals surface area contributed by atoms with Crippen LogP contribution in [-0.2, 0) is 9.53 Å². The number of benzene rings is 1. The molecule has 0 spiro atoms. The Hall–Kier alpha value is -1.59. The van der Waals surface area contributed by atoms with Gasteiger partial charge in [-0.05, 0) is 24.6 Å². The summed E-state index contributed by atoms with van der Waals surface area (Å²) in [7, 11) is 1.60. The Kier molecular flexibility index (Phi) is 4.76. The van der Waals surface area contributed by atoms with Crippen molar-refractivity contribution < 1.29 is 19.2 Å². The van der Waals surface area contributed by atoms with E-state index < -0.39 is 0 Å². The number of morpholine rings is 1. The zero-order valence-corrected chi connectivity index (χ0v) is 11.5. The van der Waals surface area contributed by atoms with Gasteiger partial charge in [-0.3, -0.25) is 4.79 Å².